The van der Waals surface area contributed by atoms with Crippen molar-refractivity contribution in [2.45, 2.75) is 6.61 Å². The zero-order valence-corrected chi connectivity index (χ0v) is 12.9. The number of ether oxygens (including phenoxy) is 2. The van der Waals surface area contributed by atoms with Crippen molar-refractivity contribution in [3.05, 3.63) is 74.7 Å². The molecular formula is C16H13ClFNO4. The van der Waals surface area contributed by atoms with Gasteiger partial charge in [0.25, 0.3) is 0 Å². The Balaban J connectivity index is 2.22. The van der Waals surface area contributed by atoms with Gasteiger partial charge in [0, 0.05) is 6.08 Å². The van der Waals surface area contributed by atoms with Gasteiger partial charge in [0.05, 0.1) is 17.1 Å². The van der Waals surface area contributed by atoms with Gasteiger partial charge >= 0.3 is 0 Å². The van der Waals surface area contributed by atoms with Gasteiger partial charge in [-0.15, -0.1) is 0 Å². The van der Waals surface area contributed by atoms with Crippen molar-refractivity contribution >= 4 is 17.7 Å². The van der Waals surface area contributed by atoms with Crippen LogP contribution in [0.5, 0.6) is 11.5 Å². The highest BCUT2D eigenvalue weighted by Gasteiger charge is 2.12. The predicted octanol–water partition coefficient (Wildman–Crippen LogP) is 4.31. The number of rotatable bonds is 6. The van der Waals surface area contributed by atoms with Gasteiger partial charge in [-0.2, -0.15) is 0 Å². The second-order valence-electron chi connectivity index (χ2n) is 4.55. The molecule has 0 fully saturated rings. The lowest BCUT2D eigenvalue weighted by Crippen LogP contribution is -1.99. The van der Waals surface area contributed by atoms with Crippen LogP contribution >= 0.6 is 11.6 Å². The van der Waals surface area contributed by atoms with Gasteiger partial charge in [0.15, 0.2) is 11.5 Å². The van der Waals surface area contributed by atoms with Crippen LogP contribution in [0.25, 0.3) is 6.08 Å². The normalized spacial score (nSPS) is 10.7. The van der Waals surface area contributed by atoms with E-state index in [1.807, 2.05) is 0 Å². The van der Waals surface area contributed by atoms with E-state index < -0.39 is 4.92 Å². The first-order valence-electron chi connectivity index (χ1n) is 6.56. The molecule has 5 nitrogen and oxygen atoms in total. The number of hydrogen-bond acceptors (Lipinski definition) is 4. The average molecular weight is 338 g/mol. The molecule has 2 aromatic rings. The maximum absolute atomic E-state index is 13.2. The number of halogens is 2. The fourth-order valence-electron chi connectivity index (χ4n) is 1.91. The SMILES string of the molecule is COc1cc(/C=C/[N+](=O)[O-])cc(Cl)c1OCc1cccc(F)c1. The highest BCUT2D eigenvalue weighted by Crippen LogP contribution is 2.37. The summed E-state index contributed by atoms with van der Waals surface area (Å²) >= 11 is 6.14. The van der Waals surface area contributed by atoms with E-state index in [0.717, 1.165) is 6.20 Å². The average Bonchev–Trinajstić information content (AvgIpc) is 2.51. The van der Waals surface area contributed by atoms with Crippen molar-refractivity contribution in [2.75, 3.05) is 7.11 Å². The highest BCUT2D eigenvalue weighted by atomic mass is 35.5. The first kappa shape index (κ1) is 16.8. The third kappa shape index (κ3) is 4.69. The highest BCUT2D eigenvalue weighted by molar-refractivity contribution is 6.32. The molecule has 0 radical (unpaired) electrons. The number of benzene rings is 2. The topological polar surface area (TPSA) is 61.6 Å². The van der Waals surface area contributed by atoms with E-state index >= 15 is 0 Å². The summed E-state index contributed by atoms with van der Waals surface area (Å²) in [5.74, 6) is 0.262. The molecule has 0 aromatic heterocycles. The molecule has 2 aromatic carbocycles. The number of hydrogen-bond donors (Lipinski definition) is 0. The summed E-state index contributed by atoms with van der Waals surface area (Å²) in [5, 5.41) is 10.6. The van der Waals surface area contributed by atoms with E-state index in [1.165, 1.54) is 31.4 Å². The molecule has 0 saturated heterocycles. The molecule has 0 bridgehead atoms. The third-order valence-corrected chi connectivity index (χ3v) is 3.19. The van der Waals surface area contributed by atoms with E-state index in [1.54, 1.807) is 18.2 Å². The van der Waals surface area contributed by atoms with Crippen molar-refractivity contribution in [1.82, 2.24) is 0 Å². The third-order valence-electron chi connectivity index (χ3n) is 2.91. The van der Waals surface area contributed by atoms with Gasteiger partial charge in [-0.1, -0.05) is 23.7 Å². The molecule has 120 valence electrons. The Morgan fingerprint density at radius 3 is 2.78 bits per heavy atom. The maximum Gasteiger partial charge on any atom is 0.235 e. The van der Waals surface area contributed by atoms with Gasteiger partial charge in [-0.05, 0) is 35.4 Å². The van der Waals surface area contributed by atoms with Gasteiger partial charge in [0.1, 0.15) is 12.4 Å². The fraction of sp³-hybridized carbons (Fsp3) is 0.125. The molecule has 0 N–H and O–H groups in total. The molecule has 0 amide bonds. The summed E-state index contributed by atoms with van der Waals surface area (Å²) in [6.07, 6.45) is 2.10. The second kappa shape index (κ2) is 7.60. The van der Waals surface area contributed by atoms with E-state index in [-0.39, 0.29) is 23.2 Å². The molecule has 0 saturated carbocycles. The molecular weight excluding hydrogens is 325 g/mol. The lowest BCUT2D eigenvalue weighted by Gasteiger charge is -2.13. The van der Waals surface area contributed by atoms with Crippen LogP contribution in [0.1, 0.15) is 11.1 Å². The number of nitrogens with zero attached hydrogens (tertiary/aromatic N) is 1. The smallest absolute Gasteiger partial charge is 0.235 e. The first-order chi connectivity index (χ1) is 11.0. The summed E-state index contributed by atoms with van der Waals surface area (Å²) in [6, 6.07) is 9.08. The van der Waals surface area contributed by atoms with Crippen LogP contribution in [0.15, 0.2) is 42.6 Å². The molecule has 0 aliphatic rings. The summed E-state index contributed by atoms with van der Waals surface area (Å²) in [7, 11) is 1.43. The quantitative estimate of drug-likeness (QED) is 0.582. The van der Waals surface area contributed by atoms with Crippen molar-refractivity contribution < 1.29 is 18.8 Å². The lowest BCUT2D eigenvalue weighted by atomic mass is 10.2. The Bertz CT molecular complexity index is 749. The van der Waals surface area contributed by atoms with E-state index in [4.69, 9.17) is 21.1 Å². The van der Waals surface area contributed by atoms with Crippen molar-refractivity contribution in [3.8, 4) is 11.5 Å². The van der Waals surface area contributed by atoms with Crippen LogP contribution < -0.4 is 9.47 Å². The summed E-state index contributed by atoms with van der Waals surface area (Å²) in [5.41, 5.74) is 1.14. The Labute approximate surface area is 137 Å². The van der Waals surface area contributed by atoms with Gasteiger partial charge < -0.3 is 9.47 Å². The van der Waals surface area contributed by atoms with Crippen LogP contribution in [0.2, 0.25) is 5.02 Å². The van der Waals surface area contributed by atoms with Gasteiger partial charge in [-0.25, -0.2) is 4.39 Å². The monoisotopic (exact) mass is 337 g/mol. The largest absolute Gasteiger partial charge is 0.493 e. The van der Waals surface area contributed by atoms with Gasteiger partial charge in [-0.3, -0.25) is 10.1 Å². The summed E-state index contributed by atoms with van der Waals surface area (Å²) in [4.78, 5) is 9.79. The van der Waals surface area contributed by atoms with E-state index in [9.17, 15) is 14.5 Å². The first-order valence-corrected chi connectivity index (χ1v) is 6.94. The number of methoxy groups -OCH3 is 1. The molecule has 0 aliphatic heterocycles. The lowest BCUT2D eigenvalue weighted by molar-refractivity contribution is -0.400. The molecule has 0 spiro atoms. The van der Waals surface area contributed by atoms with Crippen LogP contribution in [0.3, 0.4) is 0 Å². The minimum atomic E-state index is -0.575. The maximum atomic E-state index is 13.2. The Morgan fingerprint density at radius 1 is 1.35 bits per heavy atom. The molecule has 2 rings (SSSR count). The van der Waals surface area contributed by atoms with Crippen LogP contribution in [0.4, 0.5) is 4.39 Å². The van der Waals surface area contributed by atoms with E-state index in [0.29, 0.717) is 16.9 Å². The fourth-order valence-corrected chi connectivity index (χ4v) is 2.18. The predicted molar refractivity (Wildman–Crippen MR) is 84.8 cm³/mol. The zero-order chi connectivity index (χ0) is 16.8. The van der Waals surface area contributed by atoms with E-state index in [2.05, 4.69) is 0 Å². The second-order valence-corrected chi connectivity index (χ2v) is 4.96. The molecule has 0 atom stereocenters. The molecule has 23 heavy (non-hydrogen) atoms. The summed E-state index contributed by atoms with van der Waals surface area (Å²) < 4.78 is 23.9. The minimum Gasteiger partial charge on any atom is -0.493 e. The molecule has 0 unspecified atom stereocenters. The van der Waals surface area contributed by atoms with Crippen LogP contribution in [-0.2, 0) is 6.61 Å². The molecule has 0 heterocycles. The Hall–Kier alpha value is -2.60. The van der Waals surface area contributed by atoms with Crippen LogP contribution in [0, 0.1) is 15.9 Å². The Morgan fingerprint density at radius 2 is 2.13 bits per heavy atom. The van der Waals surface area contributed by atoms with Crippen LogP contribution in [-0.4, -0.2) is 12.0 Å². The van der Waals surface area contributed by atoms with Crippen molar-refractivity contribution in [1.29, 1.82) is 0 Å². The number of nitro groups is 1. The summed E-state index contributed by atoms with van der Waals surface area (Å²) in [6.45, 7) is 0.109. The van der Waals surface area contributed by atoms with Crippen molar-refractivity contribution in [2.24, 2.45) is 0 Å². The zero-order valence-electron chi connectivity index (χ0n) is 12.2. The molecule has 7 heteroatoms. The van der Waals surface area contributed by atoms with Crippen molar-refractivity contribution in [3.63, 3.8) is 0 Å². The van der Waals surface area contributed by atoms with Gasteiger partial charge in [0.2, 0.25) is 6.20 Å². The Kier molecular flexibility index (Phi) is 5.54. The minimum absolute atomic E-state index is 0.109. The molecule has 0 aliphatic carbocycles. The standard InChI is InChI=1S/C16H13ClFNO4/c1-22-15-9-11(5-6-19(20)21)8-14(17)16(15)23-10-12-3-2-4-13(18)7-12/h2-9H,10H2,1H3/b6-5+.